The van der Waals surface area contributed by atoms with E-state index in [9.17, 15) is 14.4 Å². The molecule has 212 valence electrons. The Morgan fingerprint density at radius 1 is 1.00 bits per heavy atom. The minimum absolute atomic E-state index is 0.0165. The molecule has 2 aromatic carbocycles. The number of carbonyl (C=O) groups is 2. The number of nitrogens with one attached hydrogen (secondary N) is 2. The van der Waals surface area contributed by atoms with Crippen molar-refractivity contribution in [2.75, 3.05) is 13.1 Å². The van der Waals surface area contributed by atoms with Crippen molar-refractivity contribution in [3.8, 4) is 11.1 Å². The number of aromatic nitrogens is 2. The van der Waals surface area contributed by atoms with Gasteiger partial charge in [0.1, 0.15) is 5.69 Å². The van der Waals surface area contributed by atoms with Gasteiger partial charge >= 0.3 is 0 Å². The highest BCUT2D eigenvalue weighted by molar-refractivity contribution is 5.92. The highest BCUT2D eigenvalue weighted by Crippen LogP contribution is 2.25. The molecule has 7 nitrogen and oxygen atoms in total. The second kappa shape index (κ2) is 12.1. The fourth-order valence-corrected chi connectivity index (χ4v) is 5.97. The number of nitrogens with zero attached hydrogens (tertiary/aromatic N) is 2. The fraction of sp³-hybridized carbons (Fsp3) is 0.353. The molecule has 41 heavy (non-hydrogen) atoms. The third kappa shape index (κ3) is 6.73. The van der Waals surface area contributed by atoms with E-state index in [1.807, 2.05) is 43.0 Å². The van der Waals surface area contributed by atoms with Crippen molar-refractivity contribution in [3.63, 3.8) is 0 Å². The lowest BCUT2D eigenvalue weighted by Crippen LogP contribution is -2.41. The zero-order valence-corrected chi connectivity index (χ0v) is 24.3. The van der Waals surface area contributed by atoms with Crippen molar-refractivity contribution in [1.82, 2.24) is 20.2 Å². The number of carbonyl (C=O) groups excluding carboxylic acids is 2. The average molecular weight is 551 g/mol. The summed E-state index contributed by atoms with van der Waals surface area (Å²) >= 11 is 0. The summed E-state index contributed by atoms with van der Waals surface area (Å²) in [4.78, 5) is 46.8. The third-order valence-corrected chi connectivity index (χ3v) is 8.19. The number of aryl methyl sites for hydroxylation is 3. The standard InChI is InChI=1S/C34H38N4O3/c1-21-5-8-28(22(2)15-21)27-7-10-31(35-20-27)34(41)36-24(4)17-25-11-13-38(14-12-25)33(40)19-26-6-9-30-29(18-26)23(3)16-32(39)37-30/h5-10,15-16,18,20,24-25H,11-14,17,19H2,1-4H3,(H,36,41)(H,37,39)/t24-/m1/s1. The van der Waals surface area contributed by atoms with Gasteiger partial charge in [-0.1, -0.05) is 35.9 Å². The van der Waals surface area contributed by atoms with Gasteiger partial charge in [-0.15, -0.1) is 0 Å². The van der Waals surface area contributed by atoms with E-state index in [1.54, 1.807) is 18.3 Å². The molecule has 5 rings (SSSR count). The lowest BCUT2D eigenvalue weighted by atomic mass is 9.90. The predicted octanol–water partition coefficient (Wildman–Crippen LogP) is 5.51. The first-order chi connectivity index (χ1) is 19.7. The fourth-order valence-electron chi connectivity index (χ4n) is 5.97. The Morgan fingerprint density at radius 2 is 1.78 bits per heavy atom. The number of aromatic amines is 1. The number of likely N-dealkylation sites (tertiary alicyclic amines) is 1. The van der Waals surface area contributed by atoms with Crippen LogP contribution in [-0.2, 0) is 11.2 Å². The van der Waals surface area contributed by atoms with E-state index in [0.717, 1.165) is 65.5 Å². The van der Waals surface area contributed by atoms with Gasteiger partial charge in [0, 0.05) is 47.9 Å². The van der Waals surface area contributed by atoms with Crippen LogP contribution in [0.1, 0.15) is 58.9 Å². The summed E-state index contributed by atoms with van der Waals surface area (Å²) in [6, 6.07) is 17.5. The number of rotatable bonds is 7. The summed E-state index contributed by atoms with van der Waals surface area (Å²) in [6.45, 7) is 9.57. The summed E-state index contributed by atoms with van der Waals surface area (Å²) in [7, 11) is 0. The maximum atomic E-state index is 13.0. The van der Waals surface area contributed by atoms with Crippen LogP contribution in [-0.4, -0.2) is 45.8 Å². The maximum absolute atomic E-state index is 13.0. The Balaban J connectivity index is 1.09. The van der Waals surface area contributed by atoms with Crippen molar-refractivity contribution in [3.05, 3.63) is 99.1 Å². The number of hydrogen-bond donors (Lipinski definition) is 2. The molecule has 1 atom stereocenters. The van der Waals surface area contributed by atoms with Crippen LogP contribution < -0.4 is 10.9 Å². The highest BCUT2D eigenvalue weighted by Gasteiger charge is 2.25. The van der Waals surface area contributed by atoms with E-state index in [1.165, 1.54) is 11.1 Å². The maximum Gasteiger partial charge on any atom is 0.270 e. The molecule has 1 fully saturated rings. The first-order valence-electron chi connectivity index (χ1n) is 14.4. The van der Waals surface area contributed by atoms with E-state index in [-0.39, 0.29) is 23.4 Å². The molecule has 3 heterocycles. The molecule has 4 aromatic rings. The molecule has 2 amide bonds. The van der Waals surface area contributed by atoms with Crippen LogP contribution in [0.3, 0.4) is 0 Å². The number of benzene rings is 2. The van der Waals surface area contributed by atoms with E-state index in [0.29, 0.717) is 18.0 Å². The molecule has 0 bridgehead atoms. The minimum Gasteiger partial charge on any atom is -0.348 e. The Labute approximate surface area is 241 Å². The Kier molecular flexibility index (Phi) is 8.34. The summed E-state index contributed by atoms with van der Waals surface area (Å²) in [5.41, 5.74) is 7.48. The molecule has 7 heteroatoms. The molecule has 0 spiro atoms. The van der Waals surface area contributed by atoms with Crippen molar-refractivity contribution >= 4 is 22.7 Å². The van der Waals surface area contributed by atoms with E-state index >= 15 is 0 Å². The van der Waals surface area contributed by atoms with E-state index in [2.05, 4.69) is 47.3 Å². The van der Waals surface area contributed by atoms with Crippen molar-refractivity contribution in [2.45, 2.75) is 59.4 Å². The predicted molar refractivity (Wildman–Crippen MR) is 163 cm³/mol. The number of amides is 2. The molecule has 2 N–H and O–H groups in total. The SMILES string of the molecule is Cc1ccc(-c2ccc(C(=O)N[C@H](C)CC3CCN(C(=O)Cc4ccc5[nH]c(=O)cc(C)c5c4)CC3)nc2)c(C)c1. The van der Waals surface area contributed by atoms with Crippen LogP contribution in [0, 0.1) is 26.7 Å². The number of H-pyrrole nitrogens is 1. The van der Waals surface area contributed by atoms with Crippen LogP contribution in [0.5, 0.6) is 0 Å². The Bertz CT molecular complexity index is 1630. The smallest absolute Gasteiger partial charge is 0.270 e. The van der Waals surface area contributed by atoms with Crippen LogP contribution in [0.4, 0.5) is 0 Å². The van der Waals surface area contributed by atoms with Gasteiger partial charge in [-0.2, -0.15) is 0 Å². The molecule has 0 radical (unpaired) electrons. The summed E-state index contributed by atoms with van der Waals surface area (Å²) in [5, 5.41) is 4.08. The molecular formula is C34H38N4O3. The van der Waals surface area contributed by atoms with Crippen molar-refractivity contribution in [1.29, 1.82) is 0 Å². The normalized spacial score (nSPS) is 14.7. The van der Waals surface area contributed by atoms with Gasteiger partial charge in [0.25, 0.3) is 5.91 Å². The van der Waals surface area contributed by atoms with Crippen molar-refractivity contribution in [2.24, 2.45) is 5.92 Å². The number of pyridine rings is 2. The van der Waals surface area contributed by atoms with Gasteiger partial charge in [0.15, 0.2) is 0 Å². The molecule has 1 aliphatic rings. The number of hydrogen-bond acceptors (Lipinski definition) is 4. The first kappa shape index (κ1) is 28.3. The van der Waals surface area contributed by atoms with E-state index in [4.69, 9.17) is 0 Å². The van der Waals surface area contributed by atoms with Crippen LogP contribution in [0.25, 0.3) is 22.0 Å². The highest BCUT2D eigenvalue weighted by atomic mass is 16.2. The molecule has 0 unspecified atom stereocenters. The first-order valence-corrected chi connectivity index (χ1v) is 14.4. The topological polar surface area (TPSA) is 95.2 Å². The van der Waals surface area contributed by atoms with Crippen molar-refractivity contribution < 1.29 is 9.59 Å². The second-order valence-corrected chi connectivity index (χ2v) is 11.6. The van der Waals surface area contributed by atoms with Gasteiger partial charge < -0.3 is 15.2 Å². The quantitative estimate of drug-likeness (QED) is 0.317. The van der Waals surface area contributed by atoms with Gasteiger partial charge in [-0.3, -0.25) is 19.4 Å². The lowest BCUT2D eigenvalue weighted by molar-refractivity contribution is -0.131. The zero-order valence-electron chi connectivity index (χ0n) is 24.3. The Hall–Kier alpha value is -4.26. The third-order valence-electron chi connectivity index (χ3n) is 8.19. The molecule has 0 aliphatic carbocycles. The summed E-state index contributed by atoms with van der Waals surface area (Å²) in [6.07, 6.45) is 4.83. The average Bonchev–Trinajstić information content (AvgIpc) is 2.94. The van der Waals surface area contributed by atoms with Crippen LogP contribution >= 0.6 is 0 Å². The monoisotopic (exact) mass is 550 g/mol. The summed E-state index contributed by atoms with van der Waals surface area (Å²) in [5.74, 6) is 0.419. The number of piperidine rings is 1. The molecule has 1 saturated heterocycles. The largest absolute Gasteiger partial charge is 0.348 e. The molecule has 0 saturated carbocycles. The molecule has 2 aromatic heterocycles. The minimum atomic E-state index is -0.160. The van der Waals surface area contributed by atoms with Gasteiger partial charge in [0.2, 0.25) is 11.5 Å². The molecular weight excluding hydrogens is 512 g/mol. The summed E-state index contributed by atoms with van der Waals surface area (Å²) < 4.78 is 0. The number of fused-ring (bicyclic) bond motifs is 1. The second-order valence-electron chi connectivity index (χ2n) is 11.6. The molecule has 1 aliphatic heterocycles. The zero-order chi connectivity index (χ0) is 29.1. The van der Waals surface area contributed by atoms with Crippen LogP contribution in [0.15, 0.2) is 65.6 Å². The van der Waals surface area contributed by atoms with E-state index < -0.39 is 0 Å². The van der Waals surface area contributed by atoms with Crippen LogP contribution in [0.2, 0.25) is 0 Å². The van der Waals surface area contributed by atoms with Gasteiger partial charge in [0.05, 0.1) is 6.42 Å². The van der Waals surface area contributed by atoms with Gasteiger partial charge in [-0.25, -0.2) is 0 Å². The van der Waals surface area contributed by atoms with Gasteiger partial charge in [-0.05, 0) is 93.3 Å². The lowest BCUT2D eigenvalue weighted by Gasteiger charge is -2.33. The Morgan fingerprint density at radius 3 is 2.49 bits per heavy atom.